The Hall–Kier alpha value is -1.64. The van der Waals surface area contributed by atoms with E-state index in [0.29, 0.717) is 37.0 Å². The van der Waals surface area contributed by atoms with Crippen molar-refractivity contribution in [3.63, 3.8) is 0 Å². The lowest BCUT2D eigenvalue weighted by Gasteiger charge is -2.44. The van der Waals surface area contributed by atoms with Crippen molar-refractivity contribution in [2.45, 2.75) is 90.0 Å². The zero-order valence-corrected chi connectivity index (χ0v) is 16.9. The summed E-state index contributed by atoms with van der Waals surface area (Å²) in [7, 11) is 0. The van der Waals surface area contributed by atoms with Crippen molar-refractivity contribution in [1.29, 1.82) is 0 Å². The van der Waals surface area contributed by atoms with Gasteiger partial charge < -0.3 is 4.90 Å². The van der Waals surface area contributed by atoms with Gasteiger partial charge in [-0.05, 0) is 56.9 Å². The Morgan fingerprint density at radius 3 is 2.44 bits per heavy atom. The first-order chi connectivity index (χ1) is 13.1. The van der Waals surface area contributed by atoms with E-state index in [2.05, 4.69) is 24.0 Å². The van der Waals surface area contributed by atoms with E-state index in [4.69, 9.17) is 0 Å². The maximum Gasteiger partial charge on any atom is 0.222 e. The highest BCUT2D eigenvalue weighted by molar-refractivity contribution is 5.80. The van der Waals surface area contributed by atoms with Crippen LogP contribution in [0, 0.1) is 12.8 Å². The molecule has 3 nitrogen and oxygen atoms in total. The topological polar surface area (TPSA) is 37.4 Å². The first-order valence-corrected chi connectivity index (χ1v) is 11.0. The quantitative estimate of drug-likeness (QED) is 0.588. The van der Waals surface area contributed by atoms with Crippen LogP contribution in [0.15, 0.2) is 24.3 Å². The molecular formula is C24H35NO2. The second-order valence-electron chi connectivity index (χ2n) is 8.60. The van der Waals surface area contributed by atoms with Crippen molar-refractivity contribution < 1.29 is 9.59 Å². The van der Waals surface area contributed by atoms with Crippen molar-refractivity contribution >= 4 is 11.7 Å². The van der Waals surface area contributed by atoms with E-state index in [0.717, 1.165) is 37.3 Å². The zero-order chi connectivity index (χ0) is 19.1. The van der Waals surface area contributed by atoms with Gasteiger partial charge in [-0.2, -0.15) is 0 Å². The van der Waals surface area contributed by atoms with Crippen molar-refractivity contribution in [2.24, 2.45) is 5.92 Å². The second kappa shape index (κ2) is 10.1. The number of hydrogen-bond donors (Lipinski definition) is 0. The number of aryl methyl sites for hydroxylation is 1. The number of rotatable bonds is 8. The number of carbonyl (C=O) groups excluding carboxylic acids is 2. The third kappa shape index (κ3) is 5.92. The summed E-state index contributed by atoms with van der Waals surface area (Å²) >= 11 is 0. The van der Waals surface area contributed by atoms with Crippen molar-refractivity contribution in [1.82, 2.24) is 4.90 Å². The predicted octanol–water partition coefficient (Wildman–Crippen LogP) is 5.24. The lowest BCUT2D eigenvalue weighted by atomic mass is 9.78. The van der Waals surface area contributed by atoms with Crippen LogP contribution < -0.4 is 0 Å². The summed E-state index contributed by atoms with van der Waals surface area (Å²) in [6.07, 6.45) is 12.3. The fourth-order valence-corrected chi connectivity index (χ4v) is 4.88. The monoisotopic (exact) mass is 369 g/mol. The molecule has 1 aliphatic carbocycles. The molecule has 1 saturated heterocycles. The van der Waals surface area contributed by atoms with Crippen LogP contribution in [0.5, 0.6) is 0 Å². The Kier molecular flexibility index (Phi) is 7.49. The molecule has 2 atom stereocenters. The van der Waals surface area contributed by atoms with Crippen LogP contribution in [-0.4, -0.2) is 29.2 Å². The molecule has 1 aromatic rings. The summed E-state index contributed by atoms with van der Waals surface area (Å²) in [4.78, 5) is 27.0. The van der Waals surface area contributed by atoms with Gasteiger partial charge in [0.05, 0.1) is 0 Å². The highest BCUT2D eigenvalue weighted by Crippen LogP contribution is 2.35. The number of ketones is 1. The lowest BCUT2D eigenvalue weighted by molar-refractivity contribution is -0.137. The Morgan fingerprint density at radius 2 is 1.63 bits per heavy atom. The van der Waals surface area contributed by atoms with Gasteiger partial charge in [-0.25, -0.2) is 0 Å². The lowest BCUT2D eigenvalue weighted by Crippen LogP contribution is -2.49. The minimum absolute atomic E-state index is 0.311. The number of unbranched alkanes of at least 4 members (excludes halogenated alkanes) is 2. The van der Waals surface area contributed by atoms with Crippen LogP contribution in [0.1, 0.15) is 81.8 Å². The average Bonchev–Trinajstić information content (AvgIpc) is 2.69. The van der Waals surface area contributed by atoms with Gasteiger partial charge in [0, 0.05) is 31.8 Å². The van der Waals surface area contributed by atoms with E-state index >= 15 is 0 Å². The number of Topliss-reactive ketones (excluding diaryl/α,β-unsaturated/α-hetero) is 1. The number of amides is 1. The number of hydrogen-bond acceptors (Lipinski definition) is 2. The fraction of sp³-hybridized carbons (Fsp3) is 0.667. The smallest absolute Gasteiger partial charge is 0.222 e. The van der Waals surface area contributed by atoms with E-state index in [-0.39, 0.29) is 0 Å². The minimum atomic E-state index is 0.311. The van der Waals surface area contributed by atoms with Gasteiger partial charge in [0.25, 0.3) is 0 Å². The largest absolute Gasteiger partial charge is 0.339 e. The van der Waals surface area contributed by atoms with Gasteiger partial charge in [-0.15, -0.1) is 0 Å². The normalized spacial score (nSPS) is 22.3. The Labute approximate surface area is 164 Å². The molecule has 0 aromatic heterocycles. The van der Waals surface area contributed by atoms with Crippen LogP contribution in [0.3, 0.4) is 0 Å². The van der Waals surface area contributed by atoms with Gasteiger partial charge in [0.15, 0.2) is 0 Å². The molecule has 1 aromatic carbocycles. The van der Waals surface area contributed by atoms with E-state index in [1.807, 2.05) is 12.1 Å². The highest BCUT2D eigenvalue weighted by Gasteiger charge is 2.35. The summed E-state index contributed by atoms with van der Waals surface area (Å²) in [5, 5.41) is 0. The van der Waals surface area contributed by atoms with Crippen molar-refractivity contribution in [3.8, 4) is 0 Å². The van der Waals surface area contributed by atoms with Crippen molar-refractivity contribution in [3.05, 3.63) is 35.4 Å². The van der Waals surface area contributed by atoms with Gasteiger partial charge in [0.2, 0.25) is 5.91 Å². The average molecular weight is 370 g/mol. The standard InChI is InChI=1S/C24H35NO2/c1-19-13-15-20(16-14-19)18-22(26)10-3-2-4-12-24(27)25-17-7-9-21-8-5-6-11-23(21)25/h13-16,21,23H,2-12,17-18H2,1H3. The third-order valence-electron chi connectivity index (χ3n) is 6.43. The molecule has 0 spiro atoms. The third-order valence-corrected chi connectivity index (χ3v) is 6.43. The maximum atomic E-state index is 12.7. The highest BCUT2D eigenvalue weighted by atomic mass is 16.2. The molecule has 1 amide bonds. The molecule has 3 heteroatoms. The number of carbonyl (C=O) groups is 2. The van der Waals surface area contributed by atoms with Crippen LogP contribution in [-0.2, 0) is 16.0 Å². The van der Waals surface area contributed by atoms with Gasteiger partial charge in [-0.3, -0.25) is 9.59 Å². The summed E-state index contributed by atoms with van der Waals surface area (Å²) in [6, 6.07) is 8.74. The minimum Gasteiger partial charge on any atom is -0.339 e. The summed E-state index contributed by atoms with van der Waals surface area (Å²) in [6.45, 7) is 3.03. The number of nitrogens with zero attached hydrogens (tertiary/aromatic N) is 1. The van der Waals surface area contributed by atoms with Gasteiger partial charge in [-0.1, -0.05) is 49.1 Å². The predicted molar refractivity (Wildman–Crippen MR) is 110 cm³/mol. The second-order valence-corrected chi connectivity index (χ2v) is 8.60. The van der Waals surface area contributed by atoms with Gasteiger partial charge in [0.1, 0.15) is 5.78 Å². The van der Waals surface area contributed by atoms with Crippen LogP contribution in [0.25, 0.3) is 0 Å². The molecule has 0 radical (unpaired) electrons. The summed E-state index contributed by atoms with van der Waals surface area (Å²) in [5.41, 5.74) is 2.33. The SMILES string of the molecule is Cc1ccc(CC(=O)CCCCCC(=O)N2CCCC3CCCCC32)cc1. The van der Waals surface area contributed by atoms with Crippen LogP contribution in [0.2, 0.25) is 0 Å². The van der Waals surface area contributed by atoms with E-state index in [1.54, 1.807) is 0 Å². The molecule has 2 unspecified atom stereocenters. The fourth-order valence-electron chi connectivity index (χ4n) is 4.88. The maximum absolute atomic E-state index is 12.7. The van der Waals surface area contributed by atoms with Crippen molar-refractivity contribution in [2.75, 3.05) is 6.54 Å². The first-order valence-electron chi connectivity index (χ1n) is 11.0. The van der Waals surface area contributed by atoms with Crippen LogP contribution >= 0.6 is 0 Å². The molecule has 2 fully saturated rings. The van der Waals surface area contributed by atoms with E-state index in [1.165, 1.54) is 44.1 Å². The zero-order valence-electron chi connectivity index (χ0n) is 16.9. The summed E-state index contributed by atoms with van der Waals surface area (Å²) < 4.78 is 0. The summed E-state index contributed by atoms with van der Waals surface area (Å²) in [5.74, 6) is 1.43. The number of fused-ring (bicyclic) bond motifs is 1. The van der Waals surface area contributed by atoms with Gasteiger partial charge >= 0.3 is 0 Å². The number of benzene rings is 1. The molecule has 1 heterocycles. The molecule has 27 heavy (non-hydrogen) atoms. The molecule has 148 valence electrons. The molecule has 1 aliphatic heterocycles. The molecule has 0 bridgehead atoms. The molecule has 2 aliphatic rings. The number of likely N-dealkylation sites (tertiary alicyclic amines) is 1. The van der Waals surface area contributed by atoms with E-state index in [9.17, 15) is 9.59 Å². The first kappa shape index (κ1) is 20.1. The molecule has 1 saturated carbocycles. The Balaban J connectivity index is 1.32. The Bertz CT molecular complexity index is 620. The molecule has 3 rings (SSSR count). The Morgan fingerprint density at radius 1 is 0.926 bits per heavy atom. The number of piperidine rings is 1. The molecular weight excluding hydrogens is 334 g/mol. The van der Waals surface area contributed by atoms with E-state index < -0.39 is 0 Å². The molecule has 0 N–H and O–H groups in total. The van der Waals surface area contributed by atoms with Crippen LogP contribution in [0.4, 0.5) is 0 Å².